The van der Waals surface area contributed by atoms with Crippen molar-refractivity contribution in [2.45, 2.75) is 11.9 Å². The Morgan fingerprint density at radius 3 is 2.79 bits per heavy atom. The molecule has 0 atom stereocenters. The van der Waals surface area contributed by atoms with Gasteiger partial charge in [0.25, 0.3) is 10.0 Å². The van der Waals surface area contributed by atoms with Gasteiger partial charge in [-0.05, 0) is 12.1 Å². The number of anilines is 1. The SMILES string of the molecule is CCNS(=O)(=O)c1ncccc1NC. The lowest BCUT2D eigenvalue weighted by molar-refractivity contribution is 0.580. The van der Waals surface area contributed by atoms with Crippen molar-refractivity contribution in [1.82, 2.24) is 9.71 Å². The minimum Gasteiger partial charge on any atom is -0.386 e. The first-order valence-electron chi connectivity index (χ1n) is 4.24. The molecule has 0 aliphatic rings. The maximum atomic E-state index is 11.6. The van der Waals surface area contributed by atoms with E-state index in [1.165, 1.54) is 6.20 Å². The van der Waals surface area contributed by atoms with E-state index in [4.69, 9.17) is 0 Å². The van der Waals surface area contributed by atoms with Crippen LogP contribution in [0.1, 0.15) is 6.92 Å². The molecular weight excluding hydrogens is 202 g/mol. The first-order chi connectivity index (χ1) is 6.61. The minimum atomic E-state index is -3.48. The Labute approximate surface area is 83.6 Å². The molecule has 6 heteroatoms. The highest BCUT2D eigenvalue weighted by Crippen LogP contribution is 2.16. The van der Waals surface area contributed by atoms with Crippen LogP contribution in [-0.4, -0.2) is 27.0 Å². The molecule has 0 aliphatic carbocycles. The van der Waals surface area contributed by atoms with Crippen molar-refractivity contribution in [3.63, 3.8) is 0 Å². The van der Waals surface area contributed by atoms with E-state index in [1.54, 1.807) is 26.1 Å². The van der Waals surface area contributed by atoms with Gasteiger partial charge in [0.2, 0.25) is 0 Å². The molecule has 78 valence electrons. The maximum Gasteiger partial charge on any atom is 0.260 e. The van der Waals surface area contributed by atoms with E-state index >= 15 is 0 Å². The summed E-state index contributed by atoms with van der Waals surface area (Å²) in [5, 5.41) is 2.81. The number of nitrogens with zero attached hydrogens (tertiary/aromatic N) is 1. The average molecular weight is 215 g/mol. The second-order valence-electron chi connectivity index (χ2n) is 2.61. The highest BCUT2D eigenvalue weighted by molar-refractivity contribution is 7.89. The van der Waals surface area contributed by atoms with Gasteiger partial charge in [-0.15, -0.1) is 0 Å². The van der Waals surface area contributed by atoms with Crippen LogP contribution in [0.4, 0.5) is 5.69 Å². The summed E-state index contributed by atoms with van der Waals surface area (Å²) in [5.41, 5.74) is 0.494. The predicted molar refractivity (Wildman–Crippen MR) is 54.6 cm³/mol. The van der Waals surface area contributed by atoms with Crippen molar-refractivity contribution in [3.05, 3.63) is 18.3 Å². The molecule has 0 amide bonds. The highest BCUT2D eigenvalue weighted by Gasteiger charge is 2.17. The Kier molecular flexibility index (Phi) is 3.43. The van der Waals surface area contributed by atoms with Crippen LogP contribution in [0.3, 0.4) is 0 Å². The number of nitrogens with one attached hydrogen (secondary N) is 2. The van der Waals surface area contributed by atoms with E-state index in [0.29, 0.717) is 12.2 Å². The largest absolute Gasteiger partial charge is 0.386 e. The Hall–Kier alpha value is -1.14. The number of pyridine rings is 1. The molecule has 14 heavy (non-hydrogen) atoms. The number of rotatable bonds is 4. The zero-order valence-corrected chi connectivity index (χ0v) is 8.93. The monoisotopic (exact) mass is 215 g/mol. The van der Waals surface area contributed by atoms with Crippen molar-refractivity contribution < 1.29 is 8.42 Å². The maximum absolute atomic E-state index is 11.6. The average Bonchev–Trinajstić information content (AvgIpc) is 2.18. The summed E-state index contributed by atoms with van der Waals surface area (Å²) in [6.45, 7) is 2.07. The highest BCUT2D eigenvalue weighted by atomic mass is 32.2. The van der Waals surface area contributed by atoms with Gasteiger partial charge in [-0.3, -0.25) is 0 Å². The van der Waals surface area contributed by atoms with Gasteiger partial charge in [0.1, 0.15) is 0 Å². The van der Waals surface area contributed by atoms with Gasteiger partial charge in [-0.2, -0.15) is 0 Å². The molecule has 0 radical (unpaired) electrons. The molecule has 0 saturated heterocycles. The van der Waals surface area contributed by atoms with Gasteiger partial charge < -0.3 is 5.32 Å². The van der Waals surface area contributed by atoms with Gasteiger partial charge in [0.15, 0.2) is 5.03 Å². The fourth-order valence-corrected chi connectivity index (χ4v) is 2.23. The lowest BCUT2D eigenvalue weighted by Crippen LogP contribution is -2.24. The van der Waals surface area contributed by atoms with Crippen LogP contribution in [0, 0.1) is 0 Å². The van der Waals surface area contributed by atoms with Crippen molar-refractivity contribution in [2.24, 2.45) is 0 Å². The summed E-state index contributed by atoms with van der Waals surface area (Å²) in [4.78, 5) is 3.83. The quantitative estimate of drug-likeness (QED) is 0.763. The summed E-state index contributed by atoms with van der Waals surface area (Å²) >= 11 is 0. The van der Waals surface area contributed by atoms with Crippen LogP contribution >= 0.6 is 0 Å². The van der Waals surface area contributed by atoms with Crippen molar-refractivity contribution >= 4 is 15.7 Å². The lowest BCUT2D eigenvalue weighted by atomic mass is 10.4. The number of sulfonamides is 1. The van der Waals surface area contributed by atoms with Gasteiger partial charge in [-0.25, -0.2) is 18.1 Å². The summed E-state index contributed by atoms with van der Waals surface area (Å²) in [7, 11) is -1.82. The molecule has 1 rings (SSSR count). The van der Waals surface area contributed by atoms with E-state index in [9.17, 15) is 8.42 Å². The van der Waals surface area contributed by atoms with Crippen LogP contribution in [0.5, 0.6) is 0 Å². The molecule has 0 aromatic carbocycles. The Morgan fingerprint density at radius 2 is 2.21 bits per heavy atom. The van der Waals surface area contributed by atoms with Crippen LogP contribution in [0.15, 0.2) is 23.4 Å². The molecule has 0 fully saturated rings. The molecule has 0 bridgehead atoms. The summed E-state index contributed by atoms with van der Waals surface area (Å²) in [6, 6.07) is 3.34. The van der Waals surface area contributed by atoms with Crippen LogP contribution in [0.2, 0.25) is 0 Å². The third-order valence-electron chi connectivity index (χ3n) is 1.63. The molecular formula is C8H13N3O2S. The molecule has 1 aromatic heterocycles. The number of aromatic nitrogens is 1. The van der Waals surface area contributed by atoms with Gasteiger partial charge in [-0.1, -0.05) is 6.92 Å². The van der Waals surface area contributed by atoms with E-state index < -0.39 is 10.0 Å². The summed E-state index contributed by atoms with van der Waals surface area (Å²) in [6.07, 6.45) is 1.45. The summed E-state index contributed by atoms with van der Waals surface area (Å²) < 4.78 is 25.6. The molecule has 1 heterocycles. The fourth-order valence-electron chi connectivity index (χ4n) is 1.05. The molecule has 0 saturated carbocycles. The second kappa shape index (κ2) is 4.39. The van der Waals surface area contributed by atoms with Gasteiger partial charge in [0.05, 0.1) is 5.69 Å². The normalized spacial score (nSPS) is 11.3. The Balaban J connectivity index is 3.18. The van der Waals surface area contributed by atoms with E-state index in [2.05, 4.69) is 15.0 Å². The molecule has 1 aromatic rings. The third-order valence-corrected chi connectivity index (χ3v) is 3.13. The smallest absolute Gasteiger partial charge is 0.260 e. The predicted octanol–water partition coefficient (Wildman–Crippen LogP) is 0.421. The number of hydrogen-bond donors (Lipinski definition) is 2. The standard InChI is InChI=1S/C8H13N3O2S/c1-3-11-14(12,13)8-7(9-2)5-4-6-10-8/h4-6,9,11H,3H2,1-2H3. The topological polar surface area (TPSA) is 71.1 Å². The Bertz CT molecular complexity index is 403. The molecule has 0 unspecified atom stereocenters. The number of hydrogen-bond acceptors (Lipinski definition) is 4. The van der Waals surface area contributed by atoms with Crippen LogP contribution < -0.4 is 10.0 Å². The summed E-state index contributed by atoms with van der Waals surface area (Å²) in [5.74, 6) is 0. The van der Waals surface area contributed by atoms with Gasteiger partial charge in [0, 0.05) is 19.8 Å². The fraction of sp³-hybridized carbons (Fsp3) is 0.375. The minimum absolute atomic E-state index is 0.0318. The van der Waals surface area contributed by atoms with Gasteiger partial charge >= 0.3 is 0 Å². The van der Waals surface area contributed by atoms with Crippen LogP contribution in [0.25, 0.3) is 0 Å². The zero-order valence-electron chi connectivity index (χ0n) is 8.11. The first-order valence-corrected chi connectivity index (χ1v) is 5.72. The van der Waals surface area contributed by atoms with Crippen LogP contribution in [-0.2, 0) is 10.0 Å². The van der Waals surface area contributed by atoms with E-state index in [-0.39, 0.29) is 5.03 Å². The van der Waals surface area contributed by atoms with E-state index in [0.717, 1.165) is 0 Å². The zero-order chi connectivity index (χ0) is 10.6. The Morgan fingerprint density at radius 1 is 1.50 bits per heavy atom. The molecule has 2 N–H and O–H groups in total. The van der Waals surface area contributed by atoms with E-state index in [1.807, 2.05) is 0 Å². The first kappa shape index (κ1) is 10.9. The van der Waals surface area contributed by atoms with Crippen molar-refractivity contribution in [1.29, 1.82) is 0 Å². The molecule has 5 nitrogen and oxygen atoms in total. The second-order valence-corrected chi connectivity index (χ2v) is 4.29. The van der Waals surface area contributed by atoms with Crippen molar-refractivity contribution in [3.8, 4) is 0 Å². The lowest BCUT2D eigenvalue weighted by Gasteiger charge is -2.08. The molecule has 0 aliphatic heterocycles. The van der Waals surface area contributed by atoms with Crippen molar-refractivity contribution in [2.75, 3.05) is 18.9 Å². The molecule has 0 spiro atoms. The third kappa shape index (κ3) is 2.21.